The van der Waals surface area contributed by atoms with Gasteiger partial charge in [0, 0.05) is 6.42 Å². The molecule has 0 bridgehead atoms. The number of aryl methyl sites for hydroxylation is 1. The number of H-pyrrole nitrogens is 1. The summed E-state index contributed by atoms with van der Waals surface area (Å²) in [6.07, 6.45) is 26.6. The average Bonchev–Trinajstić information content (AvgIpc) is 3.20. The van der Waals surface area contributed by atoms with Gasteiger partial charge < -0.3 is 0 Å². The van der Waals surface area contributed by atoms with Gasteiger partial charge in [0.2, 0.25) is 0 Å². The summed E-state index contributed by atoms with van der Waals surface area (Å²) in [7, 11) is 0. The number of benzene rings is 1. The highest BCUT2D eigenvalue weighted by molar-refractivity contribution is 5.21. The fourth-order valence-electron chi connectivity index (χ4n) is 4.05. The van der Waals surface area contributed by atoms with Crippen molar-refractivity contribution >= 4 is 0 Å². The molecular weight excluding hydrogens is 340 g/mol. The van der Waals surface area contributed by atoms with Crippen molar-refractivity contribution in [3.8, 4) is 5.69 Å². The molecule has 0 atom stereocenters. The SMILES string of the molecule is CCCCCCCCCCCCCCCCCc1[nH]cc[n+]1-c1ccccc1. The predicted molar refractivity (Wildman–Crippen MR) is 121 cm³/mol. The highest BCUT2D eigenvalue weighted by Gasteiger charge is 2.11. The maximum Gasteiger partial charge on any atom is 0.259 e. The lowest BCUT2D eigenvalue weighted by Gasteiger charge is -2.03. The number of aromatic amines is 1. The number of rotatable bonds is 17. The molecule has 28 heavy (non-hydrogen) atoms. The van der Waals surface area contributed by atoms with Crippen molar-refractivity contribution in [2.24, 2.45) is 0 Å². The van der Waals surface area contributed by atoms with Crippen molar-refractivity contribution in [3.63, 3.8) is 0 Å². The largest absolute Gasteiger partial charge is 0.259 e. The first kappa shape index (κ1) is 22.7. The first-order chi connectivity index (χ1) is 13.9. The third-order valence-corrected chi connectivity index (χ3v) is 5.82. The fraction of sp³-hybridized carbons (Fsp3) is 0.654. The van der Waals surface area contributed by atoms with Crippen LogP contribution in [0.4, 0.5) is 0 Å². The lowest BCUT2D eigenvalue weighted by Crippen LogP contribution is -2.32. The minimum absolute atomic E-state index is 1.14. The summed E-state index contributed by atoms with van der Waals surface area (Å²) in [5, 5.41) is 0. The topological polar surface area (TPSA) is 19.7 Å². The van der Waals surface area contributed by atoms with Crippen LogP contribution in [-0.2, 0) is 6.42 Å². The van der Waals surface area contributed by atoms with E-state index in [0.29, 0.717) is 0 Å². The monoisotopic (exact) mass is 383 g/mol. The van der Waals surface area contributed by atoms with Gasteiger partial charge in [-0.1, -0.05) is 115 Å². The normalized spacial score (nSPS) is 11.2. The van der Waals surface area contributed by atoms with Crippen LogP contribution in [-0.4, -0.2) is 4.98 Å². The van der Waals surface area contributed by atoms with E-state index in [2.05, 4.69) is 53.0 Å². The number of unbranched alkanes of at least 4 members (excludes halogenated alkanes) is 14. The minimum atomic E-state index is 1.14. The molecular formula is C26H43N2+. The Labute approximate surface area is 173 Å². The Hall–Kier alpha value is -1.57. The zero-order chi connectivity index (χ0) is 19.7. The molecule has 2 nitrogen and oxygen atoms in total. The van der Waals surface area contributed by atoms with Crippen LogP contribution >= 0.6 is 0 Å². The Morgan fingerprint density at radius 3 is 1.68 bits per heavy atom. The zero-order valence-corrected chi connectivity index (χ0v) is 18.3. The Balaban J connectivity index is 1.40. The van der Waals surface area contributed by atoms with Crippen molar-refractivity contribution in [1.29, 1.82) is 0 Å². The quantitative estimate of drug-likeness (QED) is 0.213. The van der Waals surface area contributed by atoms with Gasteiger partial charge in [0.05, 0.1) is 0 Å². The maximum absolute atomic E-state index is 3.42. The molecule has 2 heteroatoms. The van der Waals surface area contributed by atoms with Gasteiger partial charge in [-0.15, -0.1) is 0 Å². The van der Waals surface area contributed by atoms with E-state index >= 15 is 0 Å². The molecule has 2 aromatic rings. The molecule has 0 fully saturated rings. The first-order valence-corrected chi connectivity index (χ1v) is 12.0. The Kier molecular flexibility index (Phi) is 12.5. The molecule has 2 rings (SSSR count). The summed E-state index contributed by atoms with van der Waals surface area (Å²) in [5.74, 6) is 1.32. The summed E-state index contributed by atoms with van der Waals surface area (Å²) in [6.45, 7) is 2.29. The van der Waals surface area contributed by atoms with Gasteiger partial charge in [-0.05, 0) is 18.6 Å². The van der Waals surface area contributed by atoms with Gasteiger partial charge in [-0.25, -0.2) is 4.98 Å². The third kappa shape index (κ3) is 9.57. The van der Waals surface area contributed by atoms with Crippen molar-refractivity contribution < 1.29 is 4.57 Å². The predicted octanol–water partition coefficient (Wildman–Crippen LogP) is 7.71. The van der Waals surface area contributed by atoms with E-state index in [-0.39, 0.29) is 0 Å². The molecule has 0 radical (unpaired) electrons. The number of hydrogen-bond acceptors (Lipinski definition) is 0. The maximum atomic E-state index is 3.42. The van der Waals surface area contributed by atoms with Gasteiger partial charge in [-0.2, -0.15) is 4.57 Å². The lowest BCUT2D eigenvalue weighted by atomic mass is 10.0. The lowest BCUT2D eigenvalue weighted by molar-refractivity contribution is -0.603. The van der Waals surface area contributed by atoms with Gasteiger partial charge >= 0.3 is 0 Å². The van der Waals surface area contributed by atoms with E-state index < -0.39 is 0 Å². The van der Waals surface area contributed by atoms with Crippen LogP contribution in [0.1, 0.15) is 109 Å². The number of aromatic nitrogens is 2. The fourth-order valence-corrected chi connectivity index (χ4v) is 4.05. The molecule has 0 aliphatic rings. The molecule has 156 valence electrons. The number of para-hydroxylation sites is 1. The summed E-state index contributed by atoms with van der Waals surface area (Å²) in [5.41, 5.74) is 1.25. The van der Waals surface area contributed by atoms with Crippen LogP contribution < -0.4 is 4.57 Å². The van der Waals surface area contributed by atoms with E-state index in [1.54, 1.807) is 0 Å². The van der Waals surface area contributed by atoms with Crippen molar-refractivity contribution in [1.82, 2.24) is 4.98 Å². The molecule has 0 saturated heterocycles. The number of imidazole rings is 1. The summed E-state index contributed by atoms with van der Waals surface area (Å²) in [6, 6.07) is 10.6. The summed E-state index contributed by atoms with van der Waals surface area (Å²) < 4.78 is 2.28. The van der Waals surface area contributed by atoms with Gasteiger partial charge in [-0.3, -0.25) is 0 Å². The molecule has 1 aromatic heterocycles. The molecule has 0 saturated carbocycles. The molecule has 0 aliphatic carbocycles. The Bertz CT molecular complexity index is 587. The van der Waals surface area contributed by atoms with Gasteiger partial charge in [0.1, 0.15) is 18.1 Å². The van der Waals surface area contributed by atoms with E-state index in [1.807, 2.05) is 6.20 Å². The van der Waals surface area contributed by atoms with Gasteiger partial charge in [0.15, 0.2) is 0 Å². The van der Waals surface area contributed by atoms with Crippen LogP contribution in [0, 0.1) is 0 Å². The van der Waals surface area contributed by atoms with Crippen molar-refractivity contribution in [2.45, 2.75) is 110 Å². The standard InChI is InChI=1S/C26H42N2/c1-2-3-4-5-6-7-8-9-10-11-12-13-14-15-19-22-26-27-23-24-28(26)25-20-17-16-18-21-25/h16-18,20-21,23-24H,2-15,19,22H2,1H3/p+1. The number of nitrogens with one attached hydrogen (secondary N) is 1. The highest BCUT2D eigenvalue weighted by Crippen LogP contribution is 2.14. The molecule has 0 aliphatic heterocycles. The number of hydrogen-bond donors (Lipinski definition) is 1. The third-order valence-electron chi connectivity index (χ3n) is 5.82. The first-order valence-electron chi connectivity index (χ1n) is 12.0. The minimum Gasteiger partial charge on any atom is -0.247 e. The zero-order valence-electron chi connectivity index (χ0n) is 18.3. The second-order valence-corrected chi connectivity index (χ2v) is 8.31. The van der Waals surface area contributed by atoms with E-state index in [9.17, 15) is 0 Å². The van der Waals surface area contributed by atoms with Crippen LogP contribution in [0.15, 0.2) is 42.7 Å². The molecule has 0 amide bonds. The Morgan fingerprint density at radius 2 is 1.14 bits per heavy atom. The second kappa shape index (κ2) is 15.4. The van der Waals surface area contributed by atoms with E-state index in [0.717, 1.165) is 6.42 Å². The molecule has 1 heterocycles. The van der Waals surface area contributed by atoms with Gasteiger partial charge in [0.25, 0.3) is 5.82 Å². The summed E-state index contributed by atoms with van der Waals surface area (Å²) >= 11 is 0. The van der Waals surface area contributed by atoms with Crippen LogP contribution in [0.5, 0.6) is 0 Å². The second-order valence-electron chi connectivity index (χ2n) is 8.31. The molecule has 0 unspecified atom stereocenters. The van der Waals surface area contributed by atoms with Crippen molar-refractivity contribution in [2.75, 3.05) is 0 Å². The van der Waals surface area contributed by atoms with E-state index in [4.69, 9.17) is 0 Å². The molecule has 1 aromatic carbocycles. The summed E-state index contributed by atoms with van der Waals surface area (Å²) in [4.78, 5) is 3.42. The highest BCUT2D eigenvalue weighted by atomic mass is 15.1. The van der Waals surface area contributed by atoms with Crippen LogP contribution in [0.3, 0.4) is 0 Å². The molecule has 1 N–H and O–H groups in total. The molecule has 0 spiro atoms. The average molecular weight is 384 g/mol. The number of nitrogens with zero attached hydrogens (tertiary/aromatic N) is 1. The van der Waals surface area contributed by atoms with Crippen LogP contribution in [0.25, 0.3) is 5.69 Å². The smallest absolute Gasteiger partial charge is 0.247 e. The van der Waals surface area contributed by atoms with E-state index in [1.165, 1.54) is 108 Å². The Morgan fingerprint density at radius 1 is 0.643 bits per heavy atom. The van der Waals surface area contributed by atoms with Crippen LogP contribution in [0.2, 0.25) is 0 Å². The van der Waals surface area contributed by atoms with Crippen molar-refractivity contribution in [3.05, 3.63) is 48.5 Å².